The highest BCUT2D eigenvalue weighted by Crippen LogP contribution is 2.34. The molecule has 0 radical (unpaired) electrons. The van der Waals surface area contributed by atoms with Crippen molar-refractivity contribution in [1.29, 1.82) is 0 Å². The van der Waals surface area contributed by atoms with Crippen LogP contribution < -0.4 is 4.74 Å². The fourth-order valence-electron chi connectivity index (χ4n) is 1.38. The van der Waals surface area contributed by atoms with E-state index in [-0.39, 0.29) is 14.8 Å². The molecule has 0 fully saturated rings. The monoisotopic (exact) mass is 337 g/mol. The normalized spacial score (nSPS) is 11.3. The number of hydrogen-bond acceptors (Lipinski definition) is 8. The number of esters is 2. The molecule has 0 saturated heterocycles. The third-order valence-corrected chi connectivity index (χ3v) is 5.55. The van der Waals surface area contributed by atoms with Gasteiger partial charge in [-0.1, -0.05) is 11.3 Å². The van der Waals surface area contributed by atoms with Gasteiger partial charge in [0.05, 0.1) is 21.3 Å². The van der Waals surface area contributed by atoms with Crippen LogP contribution in [0.3, 0.4) is 0 Å². The lowest BCUT2D eigenvalue weighted by Gasteiger charge is -2.15. The maximum Gasteiger partial charge on any atom is 0.349 e. The molecule has 0 saturated carbocycles. The van der Waals surface area contributed by atoms with Crippen molar-refractivity contribution in [2.75, 3.05) is 34.9 Å². The van der Waals surface area contributed by atoms with Crippen molar-refractivity contribution in [1.82, 2.24) is 4.31 Å². The minimum atomic E-state index is -4.06. The van der Waals surface area contributed by atoms with E-state index < -0.39 is 28.5 Å². The van der Waals surface area contributed by atoms with Crippen LogP contribution in [-0.4, -0.2) is 59.6 Å². The number of sulfonamides is 1. The number of ether oxygens (including phenoxy) is 3. The van der Waals surface area contributed by atoms with Crippen molar-refractivity contribution in [3.8, 4) is 5.06 Å². The molecule has 0 aromatic carbocycles. The Bertz CT molecular complexity index is 635. The van der Waals surface area contributed by atoms with Crippen LogP contribution in [0, 0.1) is 0 Å². The highest BCUT2D eigenvalue weighted by Gasteiger charge is 2.31. The fraction of sp³-hybridized carbons (Fsp3) is 0.455. The van der Waals surface area contributed by atoms with E-state index in [1.165, 1.54) is 20.2 Å². The summed E-state index contributed by atoms with van der Waals surface area (Å²) in [5, 5.41) is 0.237. The first-order valence-electron chi connectivity index (χ1n) is 5.57. The second-order valence-corrected chi connectivity index (χ2v) is 6.82. The third kappa shape index (κ3) is 3.71. The molecule has 1 rings (SSSR count). The molecule has 0 amide bonds. The van der Waals surface area contributed by atoms with Crippen LogP contribution in [0.5, 0.6) is 5.06 Å². The van der Waals surface area contributed by atoms with E-state index in [0.717, 1.165) is 29.9 Å². The van der Waals surface area contributed by atoms with Gasteiger partial charge in [0.25, 0.3) is 0 Å². The lowest BCUT2D eigenvalue weighted by atomic mass is 10.5. The molecule has 0 unspecified atom stereocenters. The van der Waals surface area contributed by atoms with E-state index >= 15 is 0 Å². The van der Waals surface area contributed by atoms with Gasteiger partial charge in [-0.3, -0.25) is 4.79 Å². The molecule has 118 valence electrons. The van der Waals surface area contributed by atoms with Gasteiger partial charge >= 0.3 is 11.9 Å². The van der Waals surface area contributed by atoms with Crippen molar-refractivity contribution in [3.05, 3.63) is 10.9 Å². The molecule has 1 heterocycles. The molecule has 10 heteroatoms. The summed E-state index contributed by atoms with van der Waals surface area (Å²) in [5.41, 5.74) is 0. The van der Waals surface area contributed by atoms with Crippen LogP contribution in [-0.2, 0) is 24.3 Å². The van der Waals surface area contributed by atoms with E-state index in [1.54, 1.807) is 0 Å². The van der Waals surface area contributed by atoms with Crippen molar-refractivity contribution in [3.63, 3.8) is 0 Å². The van der Waals surface area contributed by atoms with E-state index in [2.05, 4.69) is 9.47 Å². The molecule has 1 aromatic heterocycles. The summed E-state index contributed by atoms with van der Waals surface area (Å²) in [4.78, 5) is 22.5. The number of carbonyl (C=O) groups excluding carboxylic acids is 2. The SMILES string of the molecule is COC(=O)CN(C)S(=O)(=O)c1cc(OC)sc1C(=O)OC. The van der Waals surface area contributed by atoms with Gasteiger partial charge in [0.1, 0.15) is 16.3 Å². The number of thiophene rings is 1. The Morgan fingerprint density at radius 3 is 2.33 bits per heavy atom. The smallest absolute Gasteiger partial charge is 0.349 e. The second-order valence-electron chi connectivity index (χ2n) is 3.79. The number of carbonyl (C=O) groups is 2. The molecule has 0 bridgehead atoms. The zero-order chi connectivity index (χ0) is 16.2. The third-order valence-electron chi connectivity index (χ3n) is 2.52. The largest absolute Gasteiger partial charge is 0.487 e. The Kier molecular flexibility index (Phi) is 5.70. The van der Waals surface area contributed by atoms with E-state index in [1.807, 2.05) is 0 Å². The van der Waals surface area contributed by atoms with Gasteiger partial charge in [0, 0.05) is 13.1 Å². The predicted octanol–water partition coefficient (Wildman–Crippen LogP) is 0.337. The van der Waals surface area contributed by atoms with Crippen LogP contribution in [0.15, 0.2) is 11.0 Å². The first-order chi connectivity index (χ1) is 9.77. The Hall–Kier alpha value is -1.65. The minimum Gasteiger partial charge on any atom is -0.487 e. The Labute approximate surface area is 126 Å². The van der Waals surface area contributed by atoms with Gasteiger partial charge in [-0.15, -0.1) is 0 Å². The van der Waals surface area contributed by atoms with Crippen LogP contribution in [0.4, 0.5) is 0 Å². The number of rotatable bonds is 6. The maximum atomic E-state index is 12.4. The van der Waals surface area contributed by atoms with E-state index in [4.69, 9.17) is 4.74 Å². The van der Waals surface area contributed by atoms with E-state index in [0.29, 0.717) is 0 Å². The fourth-order valence-corrected chi connectivity index (χ4v) is 3.87. The van der Waals surface area contributed by atoms with Crippen LogP contribution >= 0.6 is 11.3 Å². The van der Waals surface area contributed by atoms with Crippen molar-refractivity contribution in [2.45, 2.75) is 4.90 Å². The highest BCUT2D eigenvalue weighted by molar-refractivity contribution is 7.89. The average molecular weight is 337 g/mol. The molecule has 1 aromatic rings. The zero-order valence-electron chi connectivity index (χ0n) is 11.9. The van der Waals surface area contributed by atoms with Crippen LogP contribution in [0.2, 0.25) is 0 Å². The summed E-state index contributed by atoms with van der Waals surface area (Å²) in [5.74, 6) is -1.52. The summed E-state index contributed by atoms with van der Waals surface area (Å²) in [6.45, 7) is -0.475. The number of hydrogen-bond donors (Lipinski definition) is 0. The molecule has 0 spiro atoms. The van der Waals surface area contributed by atoms with Gasteiger partial charge in [0.15, 0.2) is 5.06 Å². The molecule has 8 nitrogen and oxygen atoms in total. The molecule has 0 N–H and O–H groups in total. The number of nitrogens with zero attached hydrogens (tertiary/aromatic N) is 1. The Morgan fingerprint density at radius 2 is 1.86 bits per heavy atom. The van der Waals surface area contributed by atoms with Crippen molar-refractivity contribution < 1.29 is 32.2 Å². The Morgan fingerprint density at radius 1 is 1.24 bits per heavy atom. The molecule has 0 atom stereocenters. The predicted molar refractivity (Wildman–Crippen MR) is 74.0 cm³/mol. The maximum absolute atomic E-state index is 12.4. The van der Waals surface area contributed by atoms with Crippen LogP contribution in [0.25, 0.3) is 0 Å². The molecule has 0 aliphatic rings. The first kappa shape index (κ1) is 17.4. The number of likely N-dealkylation sites (N-methyl/N-ethyl adjacent to an activating group) is 1. The molecular weight excluding hydrogens is 322 g/mol. The van der Waals surface area contributed by atoms with Crippen molar-refractivity contribution >= 4 is 33.3 Å². The number of methoxy groups -OCH3 is 3. The first-order valence-corrected chi connectivity index (χ1v) is 7.82. The second kappa shape index (κ2) is 6.87. The van der Waals surface area contributed by atoms with Gasteiger partial charge in [-0.2, -0.15) is 4.31 Å². The van der Waals surface area contributed by atoms with Gasteiger partial charge < -0.3 is 14.2 Å². The molecule has 0 aliphatic carbocycles. The highest BCUT2D eigenvalue weighted by atomic mass is 32.2. The van der Waals surface area contributed by atoms with Gasteiger partial charge in [0.2, 0.25) is 10.0 Å². The topological polar surface area (TPSA) is 99.2 Å². The minimum absolute atomic E-state index is 0.119. The molecule has 0 aliphatic heterocycles. The standard InChI is InChI=1S/C11H15NO7S2/c1-12(6-8(13)17-2)21(15,16)7-5-9(18-3)20-10(7)11(14)19-4/h5H,6H2,1-4H3. The average Bonchev–Trinajstić information content (AvgIpc) is 2.91. The lowest BCUT2D eigenvalue weighted by molar-refractivity contribution is -0.140. The summed E-state index contributed by atoms with van der Waals surface area (Å²) in [6.07, 6.45) is 0. The quantitative estimate of drug-likeness (QED) is 0.690. The summed E-state index contributed by atoms with van der Waals surface area (Å²) < 4.78 is 39.5. The zero-order valence-corrected chi connectivity index (χ0v) is 13.5. The molecule has 21 heavy (non-hydrogen) atoms. The van der Waals surface area contributed by atoms with Crippen LogP contribution in [0.1, 0.15) is 9.67 Å². The summed E-state index contributed by atoms with van der Waals surface area (Å²) in [7, 11) is 0.788. The van der Waals surface area contributed by atoms with E-state index in [9.17, 15) is 18.0 Å². The van der Waals surface area contributed by atoms with Gasteiger partial charge in [-0.05, 0) is 0 Å². The lowest BCUT2D eigenvalue weighted by Crippen LogP contribution is -2.33. The van der Waals surface area contributed by atoms with Gasteiger partial charge in [-0.25, -0.2) is 13.2 Å². The Balaban J connectivity index is 3.27. The van der Waals surface area contributed by atoms with Crippen molar-refractivity contribution in [2.24, 2.45) is 0 Å². The summed E-state index contributed by atoms with van der Waals surface area (Å²) in [6, 6.07) is 1.21. The molecular formula is C11H15NO7S2. The summed E-state index contributed by atoms with van der Waals surface area (Å²) >= 11 is 0.842.